The van der Waals surface area contributed by atoms with E-state index in [1.165, 1.54) is 0 Å². The van der Waals surface area contributed by atoms with Gasteiger partial charge in [-0.1, -0.05) is 6.07 Å². The fourth-order valence-electron chi connectivity index (χ4n) is 2.38. The van der Waals surface area contributed by atoms with Crippen molar-refractivity contribution in [2.45, 2.75) is 32.4 Å². The van der Waals surface area contributed by atoms with Crippen LogP contribution in [0.25, 0.3) is 0 Å². The standard InChI is InChI=1S/C14H21N3O2/c1-10(18)17-7-5-11(6-8-17)19-14-4-2-3-13(16)12(14)9-15/h2-4,11H,5-9,15-16H2,1H3. The molecule has 0 aromatic heterocycles. The molecule has 1 amide bonds. The first-order chi connectivity index (χ1) is 9.11. The maximum Gasteiger partial charge on any atom is 0.219 e. The lowest BCUT2D eigenvalue weighted by Gasteiger charge is -2.32. The third-order valence-corrected chi connectivity index (χ3v) is 3.55. The van der Waals surface area contributed by atoms with Gasteiger partial charge in [0.25, 0.3) is 0 Å². The number of piperidine rings is 1. The van der Waals surface area contributed by atoms with Crippen LogP contribution in [-0.2, 0) is 11.3 Å². The van der Waals surface area contributed by atoms with Crippen LogP contribution >= 0.6 is 0 Å². The van der Waals surface area contributed by atoms with Crippen LogP contribution in [0.4, 0.5) is 5.69 Å². The molecule has 0 atom stereocenters. The van der Waals surface area contributed by atoms with Gasteiger partial charge in [-0.25, -0.2) is 0 Å². The highest BCUT2D eigenvalue weighted by Gasteiger charge is 2.22. The lowest BCUT2D eigenvalue weighted by atomic mass is 10.1. The molecule has 1 saturated heterocycles. The number of hydrogen-bond acceptors (Lipinski definition) is 4. The molecular formula is C14H21N3O2. The van der Waals surface area contributed by atoms with Gasteiger partial charge in [0, 0.05) is 50.7 Å². The number of ether oxygens (including phenoxy) is 1. The summed E-state index contributed by atoms with van der Waals surface area (Å²) in [5, 5.41) is 0. The van der Waals surface area contributed by atoms with E-state index in [0.29, 0.717) is 12.2 Å². The van der Waals surface area contributed by atoms with E-state index in [4.69, 9.17) is 16.2 Å². The van der Waals surface area contributed by atoms with Crippen molar-refractivity contribution in [3.63, 3.8) is 0 Å². The lowest BCUT2D eigenvalue weighted by molar-refractivity contribution is -0.130. The molecule has 0 radical (unpaired) electrons. The number of carbonyl (C=O) groups is 1. The molecule has 1 aromatic rings. The summed E-state index contributed by atoms with van der Waals surface area (Å²) in [7, 11) is 0. The maximum atomic E-state index is 11.3. The monoisotopic (exact) mass is 263 g/mol. The number of rotatable bonds is 3. The molecule has 1 fully saturated rings. The Morgan fingerprint density at radius 1 is 1.42 bits per heavy atom. The Bertz CT molecular complexity index is 454. The topological polar surface area (TPSA) is 81.6 Å². The van der Waals surface area contributed by atoms with E-state index in [9.17, 15) is 4.79 Å². The van der Waals surface area contributed by atoms with Crippen molar-refractivity contribution in [1.29, 1.82) is 0 Å². The average molecular weight is 263 g/mol. The van der Waals surface area contributed by atoms with Gasteiger partial charge in [0.2, 0.25) is 5.91 Å². The molecule has 1 aliphatic heterocycles. The van der Waals surface area contributed by atoms with Gasteiger partial charge < -0.3 is 21.1 Å². The second kappa shape index (κ2) is 5.93. The van der Waals surface area contributed by atoms with Crippen LogP contribution in [0.3, 0.4) is 0 Å². The number of benzene rings is 1. The molecule has 1 aliphatic rings. The number of likely N-dealkylation sites (tertiary alicyclic amines) is 1. The molecule has 1 aromatic carbocycles. The highest BCUT2D eigenvalue weighted by atomic mass is 16.5. The van der Waals surface area contributed by atoms with Gasteiger partial charge in [0.15, 0.2) is 0 Å². The number of amides is 1. The van der Waals surface area contributed by atoms with Crippen molar-refractivity contribution < 1.29 is 9.53 Å². The first-order valence-electron chi connectivity index (χ1n) is 6.61. The van der Waals surface area contributed by atoms with Crippen LogP contribution in [0, 0.1) is 0 Å². The normalized spacial score (nSPS) is 16.4. The molecule has 0 spiro atoms. The van der Waals surface area contributed by atoms with E-state index in [1.54, 1.807) is 6.92 Å². The molecule has 104 valence electrons. The summed E-state index contributed by atoms with van der Waals surface area (Å²) in [6.45, 7) is 3.47. The summed E-state index contributed by atoms with van der Waals surface area (Å²) in [5.41, 5.74) is 13.1. The number of anilines is 1. The number of nitrogen functional groups attached to an aromatic ring is 1. The second-order valence-corrected chi connectivity index (χ2v) is 4.85. The Hall–Kier alpha value is -1.75. The van der Waals surface area contributed by atoms with Gasteiger partial charge in [0.1, 0.15) is 11.9 Å². The quantitative estimate of drug-likeness (QED) is 0.801. The van der Waals surface area contributed by atoms with Crippen molar-refractivity contribution in [2.24, 2.45) is 5.73 Å². The van der Waals surface area contributed by atoms with E-state index in [1.807, 2.05) is 23.1 Å². The van der Waals surface area contributed by atoms with E-state index >= 15 is 0 Å². The van der Waals surface area contributed by atoms with E-state index < -0.39 is 0 Å². The maximum absolute atomic E-state index is 11.3. The lowest BCUT2D eigenvalue weighted by Crippen LogP contribution is -2.40. The van der Waals surface area contributed by atoms with E-state index in [-0.39, 0.29) is 12.0 Å². The van der Waals surface area contributed by atoms with Crippen LogP contribution in [0.5, 0.6) is 5.75 Å². The van der Waals surface area contributed by atoms with Crippen molar-refractivity contribution in [3.05, 3.63) is 23.8 Å². The fourth-order valence-corrected chi connectivity index (χ4v) is 2.38. The van der Waals surface area contributed by atoms with Crippen LogP contribution in [0.15, 0.2) is 18.2 Å². The second-order valence-electron chi connectivity index (χ2n) is 4.85. The molecular weight excluding hydrogens is 242 g/mol. The van der Waals surface area contributed by atoms with E-state index in [2.05, 4.69) is 0 Å². The van der Waals surface area contributed by atoms with Crippen LogP contribution in [0.2, 0.25) is 0 Å². The van der Waals surface area contributed by atoms with Crippen LogP contribution < -0.4 is 16.2 Å². The fraction of sp³-hybridized carbons (Fsp3) is 0.500. The molecule has 19 heavy (non-hydrogen) atoms. The molecule has 4 N–H and O–H groups in total. The van der Waals surface area contributed by atoms with Crippen LogP contribution in [0.1, 0.15) is 25.3 Å². The Balaban J connectivity index is 1.99. The number of nitrogens with two attached hydrogens (primary N) is 2. The van der Waals surface area contributed by atoms with Crippen LogP contribution in [-0.4, -0.2) is 30.0 Å². The Labute approximate surface area is 113 Å². The average Bonchev–Trinajstić information content (AvgIpc) is 2.39. The molecule has 1 heterocycles. The largest absolute Gasteiger partial charge is 0.490 e. The highest BCUT2D eigenvalue weighted by Crippen LogP contribution is 2.27. The summed E-state index contributed by atoms with van der Waals surface area (Å²) in [6.07, 6.45) is 1.82. The molecule has 0 bridgehead atoms. The minimum absolute atomic E-state index is 0.127. The summed E-state index contributed by atoms with van der Waals surface area (Å²) in [4.78, 5) is 13.1. The smallest absolute Gasteiger partial charge is 0.219 e. The summed E-state index contributed by atoms with van der Waals surface area (Å²) in [5.74, 6) is 0.897. The molecule has 0 saturated carbocycles. The number of hydrogen-bond donors (Lipinski definition) is 2. The summed E-state index contributed by atoms with van der Waals surface area (Å²) >= 11 is 0. The first kappa shape index (κ1) is 13.7. The Morgan fingerprint density at radius 3 is 2.68 bits per heavy atom. The summed E-state index contributed by atoms with van der Waals surface area (Å²) < 4.78 is 5.99. The van der Waals surface area contributed by atoms with Crippen molar-refractivity contribution in [1.82, 2.24) is 4.90 Å². The molecule has 2 rings (SSSR count). The van der Waals surface area contributed by atoms with Crippen molar-refractivity contribution in [3.8, 4) is 5.75 Å². The van der Waals surface area contributed by atoms with Gasteiger partial charge >= 0.3 is 0 Å². The predicted octanol–water partition coefficient (Wildman–Crippen LogP) is 1.12. The minimum atomic E-state index is 0.127. The van der Waals surface area contributed by atoms with Gasteiger partial charge in [-0.3, -0.25) is 4.79 Å². The zero-order valence-corrected chi connectivity index (χ0v) is 11.3. The van der Waals surface area contributed by atoms with Gasteiger partial charge in [0.05, 0.1) is 0 Å². The third-order valence-electron chi connectivity index (χ3n) is 3.55. The minimum Gasteiger partial charge on any atom is -0.490 e. The molecule has 5 heteroatoms. The molecule has 0 unspecified atom stereocenters. The third kappa shape index (κ3) is 3.17. The number of nitrogens with zero attached hydrogens (tertiary/aromatic N) is 1. The first-order valence-corrected chi connectivity index (χ1v) is 6.61. The molecule has 5 nitrogen and oxygen atoms in total. The van der Waals surface area contributed by atoms with Gasteiger partial charge in [-0.05, 0) is 12.1 Å². The highest BCUT2D eigenvalue weighted by molar-refractivity contribution is 5.73. The SMILES string of the molecule is CC(=O)N1CCC(Oc2cccc(N)c2CN)CC1. The number of carbonyl (C=O) groups excluding carboxylic acids is 1. The van der Waals surface area contributed by atoms with Gasteiger partial charge in [-0.2, -0.15) is 0 Å². The van der Waals surface area contributed by atoms with Crippen molar-refractivity contribution >= 4 is 11.6 Å². The van der Waals surface area contributed by atoms with Crippen molar-refractivity contribution in [2.75, 3.05) is 18.8 Å². The van der Waals surface area contributed by atoms with E-state index in [0.717, 1.165) is 37.2 Å². The predicted molar refractivity (Wildman–Crippen MR) is 74.6 cm³/mol. The zero-order valence-electron chi connectivity index (χ0n) is 11.3. The Kier molecular flexibility index (Phi) is 4.27. The Morgan fingerprint density at radius 2 is 2.11 bits per heavy atom. The zero-order chi connectivity index (χ0) is 13.8. The molecule has 0 aliphatic carbocycles. The van der Waals surface area contributed by atoms with Gasteiger partial charge in [-0.15, -0.1) is 0 Å². The summed E-state index contributed by atoms with van der Waals surface area (Å²) in [6, 6.07) is 5.60.